The first-order chi connectivity index (χ1) is 16.4. The Morgan fingerprint density at radius 1 is 0.676 bits per heavy atom. The van der Waals surface area contributed by atoms with E-state index in [4.69, 9.17) is 20.9 Å². The van der Waals surface area contributed by atoms with Gasteiger partial charge in [-0.2, -0.15) is 0 Å². The Morgan fingerprint density at radius 3 is 1.76 bits per heavy atom. The fraction of sp³-hybridized carbons (Fsp3) is 0.357. The molecule has 4 bridgehead atoms. The topological polar surface area (TPSA) is 70.5 Å². The minimum atomic E-state index is -0.446. The number of ether oxygens (including phenoxy) is 2. The van der Waals surface area contributed by atoms with Crippen molar-refractivity contribution in [1.29, 1.82) is 0 Å². The van der Waals surface area contributed by atoms with E-state index >= 15 is 0 Å². The molecular formula is C28H28F2N2O2. The molecule has 3 aromatic rings. The first-order valence-corrected chi connectivity index (χ1v) is 12.0. The molecule has 4 aliphatic rings. The summed E-state index contributed by atoms with van der Waals surface area (Å²) in [4.78, 5) is 0. The van der Waals surface area contributed by atoms with Gasteiger partial charge in [0.15, 0.2) is 23.0 Å². The van der Waals surface area contributed by atoms with Gasteiger partial charge in [-0.15, -0.1) is 0 Å². The van der Waals surface area contributed by atoms with E-state index in [0.717, 1.165) is 42.6 Å². The monoisotopic (exact) mass is 462 g/mol. The Labute approximate surface area is 197 Å². The summed E-state index contributed by atoms with van der Waals surface area (Å²) in [5.74, 6) is 2.64. The molecule has 0 aliphatic heterocycles. The number of rotatable bonds is 5. The van der Waals surface area contributed by atoms with Gasteiger partial charge in [0.25, 0.3) is 0 Å². The number of nitrogens with two attached hydrogens (primary N) is 2. The lowest BCUT2D eigenvalue weighted by atomic mass is 9.48. The molecule has 4 aliphatic carbocycles. The van der Waals surface area contributed by atoms with Crippen LogP contribution in [-0.4, -0.2) is 0 Å². The maximum absolute atomic E-state index is 14.1. The molecule has 4 nitrogen and oxygen atoms in total. The number of hydrogen-bond acceptors (Lipinski definition) is 4. The minimum Gasteiger partial charge on any atom is -0.451 e. The van der Waals surface area contributed by atoms with Crippen LogP contribution in [0.3, 0.4) is 0 Å². The third kappa shape index (κ3) is 3.65. The molecule has 0 spiro atoms. The maximum atomic E-state index is 14.1. The Hall–Kier alpha value is -3.28. The van der Waals surface area contributed by atoms with Crippen molar-refractivity contribution >= 4 is 11.4 Å². The molecule has 4 saturated carbocycles. The second-order valence-corrected chi connectivity index (χ2v) is 10.4. The number of hydrogen-bond donors (Lipinski definition) is 2. The highest BCUT2D eigenvalue weighted by Gasteiger charge is 2.52. The van der Waals surface area contributed by atoms with Crippen molar-refractivity contribution < 1.29 is 18.3 Å². The van der Waals surface area contributed by atoms with Gasteiger partial charge in [-0.1, -0.05) is 12.1 Å². The molecule has 0 heterocycles. The third-order valence-corrected chi connectivity index (χ3v) is 7.97. The molecule has 0 amide bonds. The lowest BCUT2D eigenvalue weighted by molar-refractivity contribution is -0.00608. The van der Waals surface area contributed by atoms with Crippen LogP contribution in [0.1, 0.15) is 44.1 Å². The lowest BCUT2D eigenvalue weighted by Gasteiger charge is -2.57. The van der Waals surface area contributed by atoms with Gasteiger partial charge in [0.1, 0.15) is 11.6 Å². The molecule has 0 radical (unpaired) electrons. The van der Waals surface area contributed by atoms with Crippen LogP contribution in [0, 0.1) is 29.4 Å². The van der Waals surface area contributed by atoms with Crippen molar-refractivity contribution in [2.24, 2.45) is 17.8 Å². The summed E-state index contributed by atoms with van der Waals surface area (Å²) in [7, 11) is 0. The quantitative estimate of drug-likeness (QED) is 0.394. The molecular weight excluding hydrogens is 434 g/mol. The molecule has 4 N–H and O–H groups in total. The van der Waals surface area contributed by atoms with Gasteiger partial charge in [-0.3, -0.25) is 0 Å². The summed E-state index contributed by atoms with van der Waals surface area (Å²) in [5, 5.41) is 0. The largest absolute Gasteiger partial charge is 0.451 e. The lowest BCUT2D eigenvalue weighted by Crippen LogP contribution is -2.48. The zero-order valence-corrected chi connectivity index (χ0v) is 18.9. The van der Waals surface area contributed by atoms with Crippen LogP contribution in [-0.2, 0) is 5.41 Å². The van der Waals surface area contributed by atoms with E-state index in [1.54, 1.807) is 6.07 Å². The van der Waals surface area contributed by atoms with Crippen molar-refractivity contribution in [3.8, 4) is 23.0 Å². The Bertz CT molecular complexity index is 1220. The second-order valence-electron chi connectivity index (χ2n) is 10.4. The second kappa shape index (κ2) is 7.90. The van der Waals surface area contributed by atoms with Crippen LogP contribution in [0.25, 0.3) is 0 Å². The third-order valence-electron chi connectivity index (χ3n) is 7.97. The average Bonchev–Trinajstić information content (AvgIpc) is 2.79. The van der Waals surface area contributed by atoms with Crippen molar-refractivity contribution in [1.82, 2.24) is 0 Å². The Balaban J connectivity index is 1.48. The van der Waals surface area contributed by atoms with Crippen molar-refractivity contribution in [2.75, 3.05) is 11.5 Å². The highest BCUT2D eigenvalue weighted by Crippen LogP contribution is 2.63. The summed E-state index contributed by atoms with van der Waals surface area (Å²) in [6.07, 6.45) is 7.26. The first-order valence-electron chi connectivity index (χ1n) is 12.0. The molecule has 176 valence electrons. The average molecular weight is 463 g/mol. The van der Waals surface area contributed by atoms with E-state index < -0.39 is 11.6 Å². The minimum absolute atomic E-state index is 0.0149. The van der Waals surface area contributed by atoms with Crippen molar-refractivity contribution in [3.05, 3.63) is 71.8 Å². The Morgan fingerprint density at radius 2 is 1.21 bits per heavy atom. The van der Waals surface area contributed by atoms with Crippen LogP contribution in [0.4, 0.5) is 20.2 Å². The number of para-hydroxylation sites is 1. The maximum Gasteiger partial charge on any atom is 0.173 e. The standard InChI is InChI=1S/C28H28F2N2O2/c29-19-4-6-22(31)25(11-19)33-24-3-1-2-21(27(24)34-26-12-20(30)5-7-23(26)32)28-13-16-8-17(14-28)10-18(9-16)15-28/h1-7,11-12,16-18H,8-10,13-15,31-32H2. The van der Waals surface area contributed by atoms with Gasteiger partial charge < -0.3 is 20.9 Å². The van der Waals surface area contributed by atoms with E-state index in [1.807, 2.05) is 6.07 Å². The van der Waals surface area contributed by atoms with Crippen LogP contribution >= 0.6 is 0 Å². The zero-order valence-electron chi connectivity index (χ0n) is 18.9. The summed E-state index contributed by atoms with van der Waals surface area (Å²) in [6.45, 7) is 0. The number of halogens is 2. The molecule has 34 heavy (non-hydrogen) atoms. The van der Waals surface area contributed by atoms with Gasteiger partial charge in [0, 0.05) is 17.7 Å². The predicted octanol–water partition coefficient (Wildman–Crippen LogP) is 7.18. The van der Waals surface area contributed by atoms with Crippen LogP contribution < -0.4 is 20.9 Å². The van der Waals surface area contributed by atoms with Gasteiger partial charge in [-0.25, -0.2) is 8.78 Å². The van der Waals surface area contributed by atoms with Gasteiger partial charge in [0.2, 0.25) is 0 Å². The number of anilines is 2. The number of benzene rings is 3. The van der Waals surface area contributed by atoms with E-state index in [1.165, 1.54) is 55.7 Å². The molecule has 0 unspecified atom stereocenters. The van der Waals surface area contributed by atoms with Gasteiger partial charge in [-0.05, 0) is 92.0 Å². The molecule has 4 fully saturated rings. The normalized spacial score (nSPS) is 27.1. The number of nitrogen functional groups attached to an aromatic ring is 2. The van der Waals surface area contributed by atoms with E-state index in [0.29, 0.717) is 22.9 Å². The zero-order chi connectivity index (χ0) is 23.4. The Kier molecular flexibility index (Phi) is 4.94. The van der Waals surface area contributed by atoms with E-state index in [2.05, 4.69) is 6.07 Å². The van der Waals surface area contributed by atoms with E-state index in [9.17, 15) is 8.78 Å². The van der Waals surface area contributed by atoms with Gasteiger partial charge >= 0.3 is 0 Å². The molecule has 6 heteroatoms. The van der Waals surface area contributed by atoms with E-state index in [-0.39, 0.29) is 16.9 Å². The molecule has 0 atom stereocenters. The van der Waals surface area contributed by atoms with Crippen LogP contribution in [0.15, 0.2) is 54.6 Å². The summed E-state index contributed by atoms with van der Waals surface area (Å²) in [6, 6.07) is 13.9. The molecule has 7 rings (SSSR count). The highest BCUT2D eigenvalue weighted by atomic mass is 19.1. The summed E-state index contributed by atoms with van der Waals surface area (Å²) < 4.78 is 40.5. The highest BCUT2D eigenvalue weighted by molar-refractivity contribution is 5.61. The predicted molar refractivity (Wildman–Crippen MR) is 128 cm³/mol. The van der Waals surface area contributed by atoms with Crippen molar-refractivity contribution in [3.63, 3.8) is 0 Å². The van der Waals surface area contributed by atoms with Gasteiger partial charge in [0.05, 0.1) is 11.4 Å². The van der Waals surface area contributed by atoms with Crippen LogP contribution in [0.2, 0.25) is 0 Å². The fourth-order valence-electron chi connectivity index (χ4n) is 6.98. The molecule has 3 aromatic carbocycles. The summed E-state index contributed by atoms with van der Waals surface area (Å²) in [5.41, 5.74) is 13.9. The first kappa shape index (κ1) is 21.3. The molecule has 0 aromatic heterocycles. The fourth-order valence-corrected chi connectivity index (χ4v) is 6.98. The molecule has 0 saturated heterocycles. The smallest absolute Gasteiger partial charge is 0.173 e. The van der Waals surface area contributed by atoms with Crippen molar-refractivity contribution in [2.45, 2.75) is 43.9 Å². The summed E-state index contributed by atoms with van der Waals surface area (Å²) >= 11 is 0. The SMILES string of the molecule is Nc1ccc(F)cc1Oc1cccc(C23CC4CC(CC(C4)C2)C3)c1Oc1cc(F)ccc1N. The van der Waals surface area contributed by atoms with Crippen LogP contribution in [0.5, 0.6) is 23.0 Å².